The second-order valence-electron chi connectivity index (χ2n) is 41.8. The van der Waals surface area contributed by atoms with Crippen molar-refractivity contribution in [2.75, 3.05) is 106 Å². The lowest BCUT2D eigenvalue weighted by atomic mass is 9.85. The monoisotopic (exact) mass is 2140 g/mol. The van der Waals surface area contributed by atoms with Gasteiger partial charge in [-0.3, -0.25) is 43.2 Å². The maximum atomic E-state index is 12.1. The number of cyclic esters (lactones) is 14. The van der Waals surface area contributed by atoms with E-state index in [-0.39, 0.29) is 165 Å². The first kappa shape index (κ1) is 132. The molecule has 9 aliphatic rings. The van der Waals surface area contributed by atoms with Crippen LogP contribution in [0.15, 0.2) is 30.3 Å². The number of esters is 9. The number of hydrogen-bond acceptors (Lipinski definition) is 45. The predicted molar refractivity (Wildman–Crippen MR) is 522 cm³/mol. The molecule has 1 aliphatic carbocycles. The van der Waals surface area contributed by atoms with Gasteiger partial charge in [0.2, 0.25) is 0 Å². The summed E-state index contributed by atoms with van der Waals surface area (Å²) >= 11 is 0. The third kappa shape index (κ3) is 46.8. The molecular weight excluding hydrogens is 1980 g/mol. The molecular formula is C104H161NO45. The molecule has 1 aromatic carbocycles. The van der Waals surface area contributed by atoms with Crippen LogP contribution in [0.2, 0.25) is 0 Å². The van der Waals surface area contributed by atoms with Crippen LogP contribution in [0, 0.1) is 55.8 Å². The van der Waals surface area contributed by atoms with Gasteiger partial charge in [-0.15, -0.1) is 0 Å². The van der Waals surface area contributed by atoms with E-state index in [1.54, 1.807) is 48.5 Å². The molecule has 1 aromatic rings. The first-order valence-electron chi connectivity index (χ1n) is 50.7. The van der Waals surface area contributed by atoms with Gasteiger partial charge in [0.05, 0.1) is 76.4 Å². The molecule has 8 saturated heterocycles. The number of carbonyl (C=O) groups is 17. The Bertz CT molecular complexity index is 4530. The van der Waals surface area contributed by atoms with Gasteiger partial charge in [-0.05, 0) is 213 Å². The molecule has 14 unspecified atom stereocenters. The highest BCUT2D eigenvalue weighted by atomic mass is 16.8. The number of aliphatic hydroxyl groups excluding tert-OH is 1. The van der Waals surface area contributed by atoms with Crippen molar-refractivity contribution < 1.29 is 215 Å². The lowest BCUT2D eigenvalue weighted by Crippen LogP contribution is -2.38. The van der Waals surface area contributed by atoms with E-state index in [2.05, 4.69) is 40.2 Å². The summed E-state index contributed by atoms with van der Waals surface area (Å²) in [6.07, 6.45) is -0.636. The number of unbranched alkanes of at least 4 members (excludes halogenated alkanes) is 2. The molecule has 1 saturated carbocycles. The summed E-state index contributed by atoms with van der Waals surface area (Å²) in [5.74, 6) is -2.89. The van der Waals surface area contributed by atoms with E-state index < -0.39 is 166 Å². The van der Waals surface area contributed by atoms with Gasteiger partial charge in [0.25, 0.3) is 6.10 Å². The molecule has 150 heavy (non-hydrogen) atoms. The Hall–Kier alpha value is -12.0. The first-order chi connectivity index (χ1) is 70.1. The fourth-order valence-corrected chi connectivity index (χ4v) is 12.1. The van der Waals surface area contributed by atoms with Gasteiger partial charge in [-0.2, -0.15) is 0 Å². The molecule has 0 spiro atoms. The highest BCUT2D eigenvalue weighted by Gasteiger charge is 2.48. The van der Waals surface area contributed by atoms with Crippen LogP contribution in [0.3, 0.4) is 0 Å². The van der Waals surface area contributed by atoms with Crippen molar-refractivity contribution in [1.82, 2.24) is 0 Å². The molecule has 8 heterocycles. The molecule has 0 bridgehead atoms. The molecule has 0 radical (unpaired) electrons. The molecule has 9 fully saturated rings. The van der Waals surface area contributed by atoms with Gasteiger partial charge in [-0.25, -0.2) is 49.7 Å². The molecule has 10 rings (SSSR count). The van der Waals surface area contributed by atoms with Crippen LogP contribution in [0.4, 0.5) is 38.4 Å². The molecule has 1 N–H and O–H groups in total. The number of nitrogens with zero attached hydrogens (tertiary/aromatic N) is 1. The highest BCUT2D eigenvalue weighted by molar-refractivity contribution is 5.81. The minimum Gasteiger partial charge on any atom is -0.465 e. The molecule has 46 nitrogen and oxygen atoms in total. The van der Waals surface area contributed by atoms with Gasteiger partial charge >= 0.3 is 109 Å². The van der Waals surface area contributed by atoms with Gasteiger partial charge in [0, 0.05) is 0 Å². The smallest absolute Gasteiger partial charge is 0.465 e. The van der Waals surface area contributed by atoms with E-state index in [9.17, 15) is 81.5 Å². The van der Waals surface area contributed by atoms with E-state index in [0.717, 1.165) is 63.4 Å². The predicted octanol–water partition coefficient (Wildman–Crippen LogP) is 16.3. The summed E-state index contributed by atoms with van der Waals surface area (Å²) in [4.78, 5) is 195. The summed E-state index contributed by atoms with van der Waals surface area (Å²) in [7, 11) is 0. The quantitative estimate of drug-likeness (QED) is 0.0274. The number of benzene rings is 1. The lowest BCUT2D eigenvalue weighted by Gasteiger charge is -2.29. The summed E-state index contributed by atoms with van der Waals surface area (Å²) in [6.45, 7) is 55.7. The summed E-state index contributed by atoms with van der Waals surface area (Å²) in [5, 5.41) is 8.93. The van der Waals surface area contributed by atoms with Crippen LogP contribution in [0.25, 0.3) is 4.85 Å². The van der Waals surface area contributed by atoms with Crippen LogP contribution in [0.5, 0.6) is 0 Å². The maximum Gasteiger partial charge on any atom is 0.515 e. The Balaban J connectivity index is 0.000000441. The lowest BCUT2D eigenvalue weighted by molar-refractivity contribution is -0.165. The van der Waals surface area contributed by atoms with Gasteiger partial charge in [0.15, 0.2) is 48.8 Å². The number of carbonyl (C=O) groups excluding carboxylic acids is 17. The van der Waals surface area contributed by atoms with Crippen molar-refractivity contribution in [2.45, 2.75) is 362 Å². The zero-order chi connectivity index (χ0) is 113. The van der Waals surface area contributed by atoms with Crippen molar-refractivity contribution in [3.63, 3.8) is 0 Å². The summed E-state index contributed by atoms with van der Waals surface area (Å²) in [5.41, 5.74) is -4.14. The SMILES string of the molecule is CCC(C)(C)C(=O)OCC(=O)OCC1COC(=O)O1.CCC(C)(C)C(=O)OCC(OCc1ccccc1)C1COC(=O)O1.CCC(C)(C)C(=O)OCC1(C)COC(=O)O1.CCC(C)(C)C(=O)OCC1CCC2OC(=O)OC2C1.CCC(C)(C)C(=O)OCC1OC(=O)OC1CO.CCC(C)(C)C(=O)OCCOCC1COC(=O)O1.CCCCCC1OC(=O)OC1COC(=O)C(C)(C)CC.[C-]#[N+]C1OC(=O)OC1COC(=O)C(C)(C)CC. The minimum absolute atomic E-state index is 0.0103. The van der Waals surface area contributed by atoms with Crippen molar-refractivity contribution >= 4 is 103 Å². The van der Waals surface area contributed by atoms with E-state index in [0.29, 0.717) is 51.7 Å². The normalized spacial score (nSPS) is 22.5. The Morgan fingerprint density at radius 1 is 0.400 bits per heavy atom. The third-order valence-corrected chi connectivity index (χ3v) is 26.3. The van der Waals surface area contributed by atoms with Crippen LogP contribution in [-0.4, -0.2) is 293 Å². The minimum atomic E-state index is -1.03. The van der Waals surface area contributed by atoms with Gasteiger partial charge in [0.1, 0.15) is 97.1 Å². The van der Waals surface area contributed by atoms with Crippen molar-refractivity contribution in [2.24, 2.45) is 49.2 Å². The molecule has 46 heteroatoms. The van der Waals surface area contributed by atoms with E-state index in [1.807, 2.05) is 155 Å². The molecule has 0 amide bonds. The topological polar surface area (TPSA) is 564 Å². The summed E-state index contributed by atoms with van der Waals surface area (Å²) in [6, 6.07) is 9.61. The number of fused-ring (bicyclic) bond motifs is 1. The van der Waals surface area contributed by atoms with Crippen molar-refractivity contribution in [3.05, 3.63) is 47.3 Å². The Labute approximate surface area is 877 Å². The standard InChI is InChI=1S/C18H24O6.C15H26O5.C14H22O5.C12H18O7.C12H20O6.C11H15NO5.C11H18O6.C11H18O5/c1-4-18(2,3)16(19)22-11-14(15-12-23-17(20)24-15)21-10-13-8-6-5-7-9-13;1-5-7-8-9-11-12(20-14(17)19-11)10-18-13(16)15(3,4)6-2;1-4-14(2,3)12(15)17-8-9-5-6-10-11(7-9)19-13(16)18-10;1-4-12(2,3)10(14)17-7-9(13)16-5-8-6-18-11(15)19-8;1-4-12(2,3)10(13)16-6-5-15-7-9-8-17-11(14)18-9;1-5-11(2,3)9(13)15-6-7-8(12-4)17-10(14)16-7;1-4-11(2,3)9(13)15-6-8-7(5-12)16-10(14)17-8;1-5-10(2,3)8(12)14-6-11(4)7-15-9(13)16-11/h5-9,14-15H,4,10-12H2,1-3H3;11-12H,5-10H2,1-4H3;9-11H,4-8H2,1-3H3;8H,4-7H2,1-3H3;9H,4-8H2,1-3H3;7-8H,5-6H2,1-3H3;7-8,12H,4-6H2,1-3H3;5-7H2,1-4H3. The first-order valence-corrected chi connectivity index (χ1v) is 50.7. The fourth-order valence-electron chi connectivity index (χ4n) is 12.1. The Morgan fingerprint density at radius 2 is 0.807 bits per heavy atom. The van der Waals surface area contributed by atoms with Crippen molar-refractivity contribution in [1.29, 1.82) is 0 Å². The van der Waals surface area contributed by atoms with E-state index in [4.69, 9.17) is 111 Å². The van der Waals surface area contributed by atoms with Gasteiger partial charge in [-0.1, -0.05) is 105 Å². The number of aliphatic hydroxyl groups is 1. The zero-order valence-corrected chi connectivity index (χ0v) is 91.9. The number of ether oxygens (including phenoxy) is 27. The van der Waals surface area contributed by atoms with Crippen LogP contribution in [-0.2, 0) is 178 Å². The Morgan fingerprint density at radius 3 is 1.25 bits per heavy atom. The van der Waals surface area contributed by atoms with Crippen LogP contribution >= 0.6 is 0 Å². The van der Waals surface area contributed by atoms with Gasteiger partial charge < -0.3 is 133 Å². The fraction of sp³-hybridized carbons (Fsp3) is 0.769. The molecule has 8 aliphatic heterocycles. The average molecular weight is 2150 g/mol. The number of hydrogen-bond donors (Lipinski definition) is 1. The second kappa shape index (κ2) is 63.3. The van der Waals surface area contributed by atoms with Crippen LogP contribution in [0.1, 0.15) is 282 Å². The van der Waals surface area contributed by atoms with E-state index in [1.165, 1.54) is 0 Å². The molecule has 0 aromatic heterocycles. The largest absolute Gasteiger partial charge is 0.515 e. The summed E-state index contributed by atoms with van der Waals surface area (Å²) < 4.78 is 134. The van der Waals surface area contributed by atoms with E-state index >= 15 is 0 Å². The van der Waals surface area contributed by atoms with Crippen LogP contribution < -0.4 is 0 Å². The zero-order valence-electron chi connectivity index (χ0n) is 91.9. The second-order valence-corrected chi connectivity index (χ2v) is 41.8. The average Bonchev–Trinajstić information content (AvgIpc) is 1.69. The Kier molecular flexibility index (Phi) is 55.8. The highest BCUT2D eigenvalue weighted by Crippen LogP contribution is 2.36. The molecule has 852 valence electrons. The number of rotatable bonds is 46. The third-order valence-electron chi connectivity index (χ3n) is 26.3. The van der Waals surface area contributed by atoms with Crippen molar-refractivity contribution in [3.8, 4) is 0 Å². The maximum absolute atomic E-state index is 12.1. The molecule has 14 atom stereocenters.